The highest BCUT2D eigenvalue weighted by Crippen LogP contribution is 2.25. The van der Waals surface area contributed by atoms with Gasteiger partial charge in [0, 0.05) is 6.54 Å². The maximum absolute atomic E-state index is 10.9. The van der Waals surface area contributed by atoms with Crippen LogP contribution in [-0.2, 0) is 11.3 Å². The van der Waals surface area contributed by atoms with E-state index in [1.807, 2.05) is 12.1 Å². The molecule has 18 heavy (non-hydrogen) atoms. The Balaban J connectivity index is 2.43. The molecule has 1 aromatic rings. The third-order valence-corrected chi connectivity index (χ3v) is 3.71. The minimum absolute atomic E-state index is 0.529. The quantitative estimate of drug-likeness (QED) is 0.787. The number of hydrogen-bond acceptors (Lipinski definition) is 2. The summed E-state index contributed by atoms with van der Waals surface area (Å²) in [7, 11) is 0. The Labute approximate surface area is 117 Å². The van der Waals surface area contributed by atoms with Crippen LogP contribution in [0.4, 0.5) is 0 Å². The van der Waals surface area contributed by atoms with Gasteiger partial charge in [0.1, 0.15) is 0 Å². The summed E-state index contributed by atoms with van der Waals surface area (Å²) < 4.78 is 0. The van der Waals surface area contributed by atoms with Crippen LogP contribution in [0.2, 0.25) is 10.0 Å². The van der Waals surface area contributed by atoms with Crippen LogP contribution in [-0.4, -0.2) is 17.6 Å². The lowest BCUT2D eigenvalue weighted by Gasteiger charge is -2.19. The van der Waals surface area contributed by atoms with Crippen molar-refractivity contribution in [3.05, 3.63) is 33.8 Å². The van der Waals surface area contributed by atoms with E-state index >= 15 is 0 Å². The summed E-state index contributed by atoms with van der Waals surface area (Å²) in [5, 5.41) is 13.2. The molecule has 0 saturated carbocycles. The van der Waals surface area contributed by atoms with E-state index < -0.39 is 11.4 Å². The van der Waals surface area contributed by atoms with Crippen molar-refractivity contribution in [3.8, 4) is 0 Å². The van der Waals surface area contributed by atoms with Crippen molar-refractivity contribution >= 4 is 29.2 Å². The van der Waals surface area contributed by atoms with E-state index in [0.29, 0.717) is 29.6 Å². The van der Waals surface area contributed by atoms with Gasteiger partial charge in [-0.2, -0.15) is 0 Å². The number of halogens is 2. The molecular formula is C13H17Cl2NO2. The summed E-state index contributed by atoms with van der Waals surface area (Å²) in [4.78, 5) is 10.9. The van der Waals surface area contributed by atoms with Crippen molar-refractivity contribution in [2.45, 2.75) is 26.8 Å². The van der Waals surface area contributed by atoms with Gasteiger partial charge in [-0.15, -0.1) is 0 Å². The largest absolute Gasteiger partial charge is 0.481 e. The fourth-order valence-electron chi connectivity index (χ4n) is 1.42. The molecule has 0 fully saturated rings. The number of carboxylic acid groups (broad SMARTS) is 1. The van der Waals surface area contributed by atoms with Crippen LogP contribution in [0.15, 0.2) is 18.2 Å². The van der Waals surface area contributed by atoms with Crippen molar-refractivity contribution < 1.29 is 9.90 Å². The Hall–Kier alpha value is -0.770. The predicted octanol–water partition coefficient (Wildman–Crippen LogP) is 3.58. The van der Waals surface area contributed by atoms with Gasteiger partial charge < -0.3 is 10.4 Å². The summed E-state index contributed by atoms with van der Waals surface area (Å²) in [5.41, 5.74) is 0.197. The molecule has 0 aliphatic carbocycles. The molecule has 1 aromatic carbocycles. The van der Waals surface area contributed by atoms with E-state index in [4.69, 9.17) is 28.3 Å². The summed E-state index contributed by atoms with van der Waals surface area (Å²) in [6.07, 6.45) is 0.556. The summed E-state index contributed by atoms with van der Waals surface area (Å²) in [5.74, 6) is -0.787. The molecule has 3 nitrogen and oxygen atoms in total. The number of carbonyl (C=O) groups is 1. The van der Waals surface area contributed by atoms with Gasteiger partial charge in [-0.3, -0.25) is 4.79 Å². The molecule has 0 aromatic heterocycles. The van der Waals surface area contributed by atoms with Gasteiger partial charge in [0.2, 0.25) is 0 Å². The smallest absolute Gasteiger partial charge is 0.309 e. The van der Waals surface area contributed by atoms with Crippen LogP contribution in [0.25, 0.3) is 0 Å². The molecule has 0 radical (unpaired) electrons. The number of hydrogen-bond donors (Lipinski definition) is 2. The zero-order valence-electron chi connectivity index (χ0n) is 10.5. The third-order valence-electron chi connectivity index (χ3n) is 2.85. The first-order valence-corrected chi connectivity index (χ1v) is 6.47. The van der Waals surface area contributed by atoms with Crippen LogP contribution in [0.3, 0.4) is 0 Å². The molecule has 100 valence electrons. The van der Waals surface area contributed by atoms with E-state index in [9.17, 15) is 4.79 Å². The second-order valence-corrected chi connectivity index (χ2v) is 5.61. The van der Waals surface area contributed by atoms with E-state index in [1.54, 1.807) is 19.9 Å². The van der Waals surface area contributed by atoms with Crippen LogP contribution in [0, 0.1) is 5.41 Å². The molecule has 0 aliphatic rings. The molecule has 0 amide bonds. The van der Waals surface area contributed by atoms with Crippen molar-refractivity contribution in [2.24, 2.45) is 5.41 Å². The predicted molar refractivity (Wildman–Crippen MR) is 74.2 cm³/mol. The number of aliphatic carboxylic acids is 1. The van der Waals surface area contributed by atoms with Crippen LogP contribution >= 0.6 is 23.2 Å². The monoisotopic (exact) mass is 289 g/mol. The van der Waals surface area contributed by atoms with Crippen molar-refractivity contribution in [1.82, 2.24) is 5.32 Å². The summed E-state index contributed by atoms with van der Waals surface area (Å²) in [6.45, 7) is 4.62. The number of carboxylic acids is 1. The highest BCUT2D eigenvalue weighted by Gasteiger charge is 2.26. The number of benzene rings is 1. The lowest BCUT2D eigenvalue weighted by atomic mass is 9.90. The van der Waals surface area contributed by atoms with Crippen LogP contribution < -0.4 is 5.32 Å². The zero-order valence-corrected chi connectivity index (χ0v) is 12.0. The Kier molecular flexibility index (Phi) is 5.45. The van der Waals surface area contributed by atoms with Crippen LogP contribution in [0.5, 0.6) is 0 Å². The van der Waals surface area contributed by atoms with Crippen molar-refractivity contribution in [3.63, 3.8) is 0 Å². The molecule has 1 rings (SSSR count). The molecule has 2 N–H and O–H groups in total. The maximum atomic E-state index is 10.9. The number of rotatable bonds is 6. The third kappa shape index (κ3) is 4.16. The Morgan fingerprint density at radius 2 is 2.06 bits per heavy atom. The summed E-state index contributed by atoms with van der Waals surface area (Å²) >= 11 is 11.9. The molecule has 0 aliphatic heterocycles. The highest BCUT2D eigenvalue weighted by atomic mass is 35.5. The van der Waals surface area contributed by atoms with Crippen molar-refractivity contribution in [1.29, 1.82) is 0 Å². The van der Waals surface area contributed by atoms with E-state index in [1.165, 1.54) is 0 Å². The first-order valence-electron chi connectivity index (χ1n) is 5.71. The SMILES string of the molecule is CC(C)(CCNCc1cccc(Cl)c1Cl)C(=O)O. The van der Waals surface area contributed by atoms with Gasteiger partial charge in [0.15, 0.2) is 0 Å². The molecule has 0 unspecified atom stereocenters. The Bertz CT molecular complexity index is 433. The Morgan fingerprint density at radius 3 is 2.67 bits per heavy atom. The van der Waals surface area contributed by atoms with Gasteiger partial charge in [-0.1, -0.05) is 35.3 Å². The fourth-order valence-corrected chi connectivity index (χ4v) is 1.80. The van der Waals surface area contributed by atoms with Gasteiger partial charge in [0.05, 0.1) is 15.5 Å². The zero-order chi connectivity index (χ0) is 13.8. The van der Waals surface area contributed by atoms with Crippen LogP contribution in [0.1, 0.15) is 25.8 Å². The lowest BCUT2D eigenvalue weighted by Crippen LogP contribution is -2.28. The minimum Gasteiger partial charge on any atom is -0.481 e. The maximum Gasteiger partial charge on any atom is 0.309 e. The molecule has 0 spiro atoms. The fraction of sp³-hybridized carbons (Fsp3) is 0.462. The van der Waals surface area contributed by atoms with Gasteiger partial charge in [0.25, 0.3) is 0 Å². The van der Waals surface area contributed by atoms with Crippen molar-refractivity contribution in [2.75, 3.05) is 6.54 Å². The highest BCUT2D eigenvalue weighted by molar-refractivity contribution is 6.42. The van der Waals surface area contributed by atoms with E-state index in [0.717, 1.165) is 5.56 Å². The summed E-state index contributed by atoms with van der Waals surface area (Å²) in [6, 6.07) is 5.47. The standard InChI is InChI=1S/C13H17Cl2NO2/c1-13(2,12(17)18)6-7-16-8-9-4-3-5-10(14)11(9)15/h3-5,16H,6-8H2,1-2H3,(H,17,18). The molecule has 5 heteroatoms. The molecule has 0 heterocycles. The first-order chi connectivity index (χ1) is 8.34. The lowest BCUT2D eigenvalue weighted by molar-refractivity contribution is -0.147. The number of nitrogens with one attached hydrogen (secondary N) is 1. The Morgan fingerprint density at radius 1 is 1.39 bits per heavy atom. The minimum atomic E-state index is -0.787. The van der Waals surface area contributed by atoms with Gasteiger partial charge in [-0.05, 0) is 38.4 Å². The van der Waals surface area contributed by atoms with E-state index in [2.05, 4.69) is 5.32 Å². The second-order valence-electron chi connectivity index (χ2n) is 4.83. The van der Waals surface area contributed by atoms with Gasteiger partial charge in [-0.25, -0.2) is 0 Å². The molecule has 0 atom stereocenters. The molecule has 0 saturated heterocycles. The van der Waals surface area contributed by atoms with E-state index in [-0.39, 0.29) is 0 Å². The average Bonchev–Trinajstić information content (AvgIpc) is 2.29. The average molecular weight is 290 g/mol. The molecule has 0 bridgehead atoms. The molecular weight excluding hydrogens is 273 g/mol. The van der Waals surface area contributed by atoms with Gasteiger partial charge >= 0.3 is 5.97 Å². The first kappa shape index (κ1) is 15.3. The second kappa shape index (κ2) is 6.41. The topological polar surface area (TPSA) is 49.3 Å². The normalized spacial score (nSPS) is 11.6.